The SMILES string of the molecule is CCOC(=O)/C(=C(/C)O)c1c(C)cc(C)cc1C. The highest BCUT2D eigenvalue weighted by molar-refractivity contribution is 6.17. The van der Waals surface area contributed by atoms with Gasteiger partial charge in [0.15, 0.2) is 0 Å². The maximum Gasteiger partial charge on any atom is 0.342 e. The van der Waals surface area contributed by atoms with E-state index in [4.69, 9.17) is 4.74 Å². The summed E-state index contributed by atoms with van der Waals surface area (Å²) in [6.07, 6.45) is 0. The van der Waals surface area contributed by atoms with Crippen LogP contribution in [0.1, 0.15) is 36.1 Å². The van der Waals surface area contributed by atoms with Crippen molar-refractivity contribution in [3.63, 3.8) is 0 Å². The Morgan fingerprint density at radius 3 is 2.11 bits per heavy atom. The maximum absolute atomic E-state index is 11.9. The lowest BCUT2D eigenvalue weighted by atomic mass is 9.93. The second-order valence-electron chi connectivity index (χ2n) is 4.45. The van der Waals surface area contributed by atoms with Crippen LogP contribution in [0.3, 0.4) is 0 Å². The van der Waals surface area contributed by atoms with Gasteiger partial charge in [-0.1, -0.05) is 17.7 Å². The lowest BCUT2D eigenvalue weighted by Gasteiger charge is -2.14. The van der Waals surface area contributed by atoms with E-state index in [-0.39, 0.29) is 11.3 Å². The van der Waals surface area contributed by atoms with Gasteiger partial charge >= 0.3 is 5.97 Å². The van der Waals surface area contributed by atoms with Crippen LogP contribution in [0, 0.1) is 20.8 Å². The van der Waals surface area contributed by atoms with E-state index >= 15 is 0 Å². The van der Waals surface area contributed by atoms with Crippen LogP contribution in [-0.2, 0) is 9.53 Å². The number of allylic oxidation sites excluding steroid dienone is 1. The van der Waals surface area contributed by atoms with Gasteiger partial charge in [-0.25, -0.2) is 4.79 Å². The first kappa shape index (κ1) is 14.3. The minimum Gasteiger partial charge on any atom is -0.512 e. The molecule has 0 fully saturated rings. The fourth-order valence-corrected chi connectivity index (χ4v) is 2.21. The summed E-state index contributed by atoms with van der Waals surface area (Å²) < 4.78 is 5.00. The van der Waals surface area contributed by atoms with Crippen molar-refractivity contribution < 1.29 is 14.6 Å². The molecule has 0 aliphatic rings. The first-order chi connectivity index (χ1) is 8.38. The van der Waals surface area contributed by atoms with E-state index in [2.05, 4.69) is 0 Å². The third-order valence-corrected chi connectivity index (χ3v) is 2.77. The molecule has 1 N–H and O–H groups in total. The molecule has 0 bridgehead atoms. The second-order valence-corrected chi connectivity index (χ2v) is 4.45. The van der Waals surface area contributed by atoms with E-state index < -0.39 is 5.97 Å². The summed E-state index contributed by atoms with van der Waals surface area (Å²) in [5, 5.41) is 9.76. The molecular weight excluding hydrogens is 228 g/mol. The van der Waals surface area contributed by atoms with Crippen LogP contribution in [0.25, 0.3) is 5.57 Å². The quantitative estimate of drug-likeness (QED) is 0.506. The van der Waals surface area contributed by atoms with Crippen LogP contribution < -0.4 is 0 Å². The summed E-state index contributed by atoms with van der Waals surface area (Å²) in [6, 6.07) is 3.98. The zero-order valence-electron chi connectivity index (χ0n) is 11.6. The highest BCUT2D eigenvalue weighted by Gasteiger charge is 2.20. The third kappa shape index (κ3) is 2.92. The molecule has 18 heavy (non-hydrogen) atoms. The largest absolute Gasteiger partial charge is 0.512 e. The molecule has 0 spiro atoms. The molecular formula is C15H20O3. The van der Waals surface area contributed by atoms with Crippen molar-refractivity contribution in [2.24, 2.45) is 0 Å². The van der Waals surface area contributed by atoms with Gasteiger partial charge in [-0.3, -0.25) is 0 Å². The zero-order valence-corrected chi connectivity index (χ0v) is 11.6. The molecule has 1 aromatic carbocycles. The molecule has 0 amide bonds. The van der Waals surface area contributed by atoms with Crippen molar-refractivity contribution in [1.82, 2.24) is 0 Å². The predicted octanol–water partition coefficient (Wildman–Crippen LogP) is 3.46. The van der Waals surface area contributed by atoms with Gasteiger partial charge in [-0.05, 0) is 51.3 Å². The van der Waals surface area contributed by atoms with Crippen LogP contribution in [0.2, 0.25) is 0 Å². The van der Waals surface area contributed by atoms with E-state index in [1.165, 1.54) is 6.92 Å². The topological polar surface area (TPSA) is 46.5 Å². The maximum atomic E-state index is 11.9. The Balaban J connectivity index is 3.42. The van der Waals surface area contributed by atoms with Crippen LogP contribution in [0.15, 0.2) is 17.9 Å². The minimum absolute atomic E-state index is 0.0106. The number of benzene rings is 1. The standard InChI is InChI=1S/C15H20O3/c1-6-18-15(17)14(12(5)16)13-10(3)7-9(2)8-11(13)4/h7-8,16H,6H2,1-5H3/b14-12-. The number of carbonyl (C=O) groups excluding carboxylic acids is 1. The third-order valence-electron chi connectivity index (χ3n) is 2.77. The smallest absolute Gasteiger partial charge is 0.342 e. The van der Waals surface area contributed by atoms with Crippen molar-refractivity contribution in [3.8, 4) is 0 Å². The number of aliphatic hydroxyl groups excluding tert-OH is 1. The lowest BCUT2D eigenvalue weighted by Crippen LogP contribution is -2.11. The van der Waals surface area contributed by atoms with Gasteiger partial charge in [-0.2, -0.15) is 0 Å². The van der Waals surface area contributed by atoms with Crippen LogP contribution in [0.5, 0.6) is 0 Å². The molecule has 0 aliphatic carbocycles. The summed E-state index contributed by atoms with van der Waals surface area (Å²) in [6.45, 7) is 9.40. The molecule has 0 saturated heterocycles. The number of rotatable bonds is 3. The summed E-state index contributed by atoms with van der Waals surface area (Å²) in [7, 11) is 0. The highest BCUT2D eigenvalue weighted by atomic mass is 16.5. The first-order valence-corrected chi connectivity index (χ1v) is 6.03. The van der Waals surface area contributed by atoms with Crippen molar-refractivity contribution in [2.75, 3.05) is 6.61 Å². The van der Waals surface area contributed by atoms with Gasteiger partial charge in [0, 0.05) is 0 Å². The van der Waals surface area contributed by atoms with E-state index in [1.807, 2.05) is 32.9 Å². The fraction of sp³-hybridized carbons (Fsp3) is 0.400. The Kier molecular flexibility index (Phi) is 4.54. The van der Waals surface area contributed by atoms with Gasteiger partial charge in [0.05, 0.1) is 6.61 Å². The summed E-state index contributed by atoms with van der Waals surface area (Å²) in [5.74, 6) is -0.490. The molecule has 0 aromatic heterocycles. The van der Waals surface area contributed by atoms with Crippen molar-refractivity contribution in [2.45, 2.75) is 34.6 Å². The lowest BCUT2D eigenvalue weighted by molar-refractivity contribution is -0.136. The Morgan fingerprint density at radius 2 is 1.72 bits per heavy atom. The Labute approximate surface area is 108 Å². The van der Waals surface area contributed by atoms with Gasteiger partial charge in [0.1, 0.15) is 11.3 Å². The van der Waals surface area contributed by atoms with Gasteiger partial charge in [0.2, 0.25) is 0 Å². The zero-order chi connectivity index (χ0) is 13.9. The number of aliphatic hydroxyl groups is 1. The molecule has 0 aliphatic heterocycles. The molecule has 98 valence electrons. The van der Waals surface area contributed by atoms with E-state index in [9.17, 15) is 9.90 Å². The number of carbonyl (C=O) groups is 1. The van der Waals surface area contributed by atoms with Crippen LogP contribution in [-0.4, -0.2) is 17.7 Å². The molecule has 1 aromatic rings. The summed E-state index contributed by atoms with van der Waals surface area (Å²) >= 11 is 0. The Hall–Kier alpha value is -1.77. The number of hydrogen-bond acceptors (Lipinski definition) is 3. The van der Waals surface area contributed by atoms with Gasteiger partial charge in [0.25, 0.3) is 0 Å². The number of aryl methyl sites for hydroxylation is 3. The monoisotopic (exact) mass is 248 g/mol. The average Bonchev–Trinajstić information content (AvgIpc) is 2.22. The average molecular weight is 248 g/mol. The molecule has 0 radical (unpaired) electrons. The number of hydrogen-bond donors (Lipinski definition) is 1. The van der Waals surface area contributed by atoms with Crippen molar-refractivity contribution >= 4 is 11.5 Å². The highest BCUT2D eigenvalue weighted by Crippen LogP contribution is 2.27. The molecule has 3 heteroatoms. The van der Waals surface area contributed by atoms with E-state index in [0.717, 1.165) is 22.3 Å². The second kappa shape index (κ2) is 5.71. The minimum atomic E-state index is -0.479. The van der Waals surface area contributed by atoms with E-state index in [1.54, 1.807) is 6.92 Å². The van der Waals surface area contributed by atoms with Crippen molar-refractivity contribution in [3.05, 3.63) is 40.1 Å². The molecule has 0 atom stereocenters. The van der Waals surface area contributed by atoms with E-state index in [0.29, 0.717) is 6.61 Å². The molecule has 3 nitrogen and oxygen atoms in total. The normalized spacial score (nSPS) is 12.1. The predicted molar refractivity (Wildman–Crippen MR) is 72.5 cm³/mol. The summed E-state index contributed by atoms with van der Waals surface area (Å²) in [5.41, 5.74) is 4.08. The van der Waals surface area contributed by atoms with Gasteiger partial charge < -0.3 is 9.84 Å². The summed E-state index contributed by atoms with van der Waals surface area (Å²) in [4.78, 5) is 11.9. The molecule has 0 saturated carbocycles. The molecule has 0 heterocycles. The molecule has 0 unspecified atom stereocenters. The fourth-order valence-electron chi connectivity index (χ4n) is 2.21. The van der Waals surface area contributed by atoms with Crippen LogP contribution in [0.4, 0.5) is 0 Å². The van der Waals surface area contributed by atoms with Crippen LogP contribution >= 0.6 is 0 Å². The number of esters is 1. The number of ether oxygens (including phenoxy) is 1. The first-order valence-electron chi connectivity index (χ1n) is 6.03. The Bertz CT molecular complexity index is 471. The van der Waals surface area contributed by atoms with Crippen molar-refractivity contribution in [1.29, 1.82) is 0 Å². The Morgan fingerprint density at radius 1 is 1.22 bits per heavy atom. The van der Waals surface area contributed by atoms with Gasteiger partial charge in [-0.15, -0.1) is 0 Å². The molecule has 1 rings (SSSR count).